The highest BCUT2D eigenvalue weighted by Gasteiger charge is 2.04. The van der Waals surface area contributed by atoms with E-state index in [0.29, 0.717) is 5.92 Å². The summed E-state index contributed by atoms with van der Waals surface area (Å²) in [6.07, 6.45) is 3.25. The van der Waals surface area contributed by atoms with Gasteiger partial charge in [0.15, 0.2) is 0 Å². The zero-order chi connectivity index (χ0) is 7.28. The molecule has 0 radical (unpaired) electrons. The van der Waals surface area contributed by atoms with Crippen molar-refractivity contribution in [2.45, 2.75) is 27.2 Å². The van der Waals surface area contributed by atoms with Crippen LogP contribution in [0.2, 0.25) is 0 Å². The van der Waals surface area contributed by atoms with E-state index in [4.69, 9.17) is 0 Å². The third-order valence-corrected chi connectivity index (χ3v) is 1.66. The van der Waals surface area contributed by atoms with E-state index in [9.17, 15) is 0 Å². The van der Waals surface area contributed by atoms with Gasteiger partial charge in [-0.1, -0.05) is 27.4 Å². The van der Waals surface area contributed by atoms with Gasteiger partial charge in [-0.2, -0.15) is 0 Å². The minimum atomic E-state index is 0.669. The SMILES string of the molecule is C=C=CC(CC)C(C)C. The molecule has 0 saturated carbocycles. The molecule has 0 heterocycles. The van der Waals surface area contributed by atoms with Crippen LogP contribution in [0.25, 0.3) is 0 Å². The first-order chi connectivity index (χ1) is 4.22. The van der Waals surface area contributed by atoms with E-state index in [1.165, 1.54) is 6.42 Å². The summed E-state index contributed by atoms with van der Waals surface area (Å²) in [6.45, 7) is 10.2. The van der Waals surface area contributed by atoms with Gasteiger partial charge in [-0.15, -0.1) is 5.73 Å². The maximum atomic E-state index is 3.55. The second-order valence-electron chi connectivity index (χ2n) is 2.69. The van der Waals surface area contributed by atoms with Crippen LogP contribution in [0.5, 0.6) is 0 Å². The molecule has 0 aromatic heterocycles. The lowest BCUT2D eigenvalue weighted by molar-refractivity contribution is 0.453. The molecular weight excluding hydrogens is 108 g/mol. The van der Waals surface area contributed by atoms with Crippen molar-refractivity contribution in [2.75, 3.05) is 0 Å². The van der Waals surface area contributed by atoms with E-state index in [1.807, 2.05) is 0 Å². The maximum Gasteiger partial charge on any atom is -0.0137 e. The van der Waals surface area contributed by atoms with Crippen LogP contribution in [0.4, 0.5) is 0 Å². The van der Waals surface area contributed by atoms with Crippen molar-refractivity contribution in [1.29, 1.82) is 0 Å². The summed E-state index contributed by atoms with van der Waals surface area (Å²) in [5, 5.41) is 0. The minimum absolute atomic E-state index is 0.669. The Morgan fingerprint density at radius 1 is 1.56 bits per heavy atom. The fraction of sp³-hybridized carbons (Fsp3) is 0.667. The highest BCUT2D eigenvalue weighted by Crippen LogP contribution is 2.14. The molecule has 0 aliphatic heterocycles. The van der Waals surface area contributed by atoms with Gasteiger partial charge in [0.25, 0.3) is 0 Å². The maximum absolute atomic E-state index is 3.55. The molecule has 0 aliphatic rings. The highest BCUT2D eigenvalue weighted by atomic mass is 14.1. The molecule has 0 rings (SSSR count). The lowest BCUT2D eigenvalue weighted by Crippen LogP contribution is -2.02. The molecule has 0 bridgehead atoms. The third kappa shape index (κ3) is 3.16. The summed E-state index contributed by atoms with van der Waals surface area (Å²) in [4.78, 5) is 0. The lowest BCUT2D eigenvalue weighted by atomic mass is 9.93. The molecule has 0 fully saturated rings. The van der Waals surface area contributed by atoms with Crippen LogP contribution in [0.3, 0.4) is 0 Å². The van der Waals surface area contributed by atoms with Gasteiger partial charge in [0.1, 0.15) is 0 Å². The fourth-order valence-electron chi connectivity index (χ4n) is 0.933. The molecule has 52 valence electrons. The molecule has 0 amide bonds. The quantitative estimate of drug-likeness (QED) is 0.507. The molecule has 0 spiro atoms. The average Bonchev–Trinajstić information content (AvgIpc) is 1.82. The Labute approximate surface area is 58.3 Å². The van der Waals surface area contributed by atoms with Gasteiger partial charge < -0.3 is 0 Å². The number of hydrogen-bond donors (Lipinski definition) is 0. The van der Waals surface area contributed by atoms with Crippen molar-refractivity contribution < 1.29 is 0 Å². The summed E-state index contributed by atoms with van der Waals surface area (Å²) in [6, 6.07) is 0. The van der Waals surface area contributed by atoms with E-state index < -0.39 is 0 Å². The van der Waals surface area contributed by atoms with Crippen LogP contribution in [-0.2, 0) is 0 Å². The first-order valence-electron chi connectivity index (χ1n) is 3.58. The average molecular weight is 124 g/mol. The van der Waals surface area contributed by atoms with Gasteiger partial charge >= 0.3 is 0 Å². The summed E-state index contributed by atoms with van der Waals surface area (Å²) in [7, 11) is 0. The third-order valence-electron chi connectivity index (χ3n) is 1.66. The summed E-state index contributed by atoms with van der Waals surface area (Å²) >= 11 is 0. The predicted octanol–water partition coefficient (Wildman–Crippen LogP) is 3.01. The largest absolute Gasteiger partial charge is 0.133 e. The van der Waals surface area contributed by atoms with E-state index >= 15 is 0 Å². The monoisotopic (exact) mass is 124 g/mol. The first-order valence-corrected chi connectivity index (χ1v) is 3.58. The van der Waals surface area contributed by atoms with E-state index in [-0.39, 0.29) is 0 Å². The van der Waals surface area contributed by atoms with Crippen molar-refractivity contribution >= 4 is 0 Å². The zero-order valence-electron chi connectivity index (χ0n) is 6.65. The smallest absolute Gasteiger partial charge is 0.0137 e. The molecule has 0 saturated heterocycles. The molecular formula is C9H16. The normalized spacial score (nSPS) is 12.9. The van der Waals surface area contributed by atoms with E-state index in [0.717, 1.165) is 5.92 Å². The molecule has 0 aliphatic carbocycles. The summed E-state index contributed by atoms with van der Waals surface area (Å²) in [5.41, 5.74) is 2.83. The van der Waals surface area contributed by atoms with Crippen LogP contribution < -0.4 is 0 Å². The van der Waals surface area contributed by atoms with Crippen molar-refractivity contribution in [3.63, 3.8) is 0 Å². The Kier molecular flexibility index (Phi) is 4.17. The Morgan fingerprint density at radius 3 is 2.22 bits per heavy atom. The predicted molar refractivity (Wildman–Crippen MR) is 42.3 cm³/mol. The number of hydrogen-bond acceptors (Lipinski definition) is 0. The second-order valence-corrected chi connectivity index (χ2v) is 2.69. The van der Waals surface area contributed by atoms with Gasteiger partial charge in [-0.3, -0.25) is 0 Å². The Hall–Kier alpha value is -0.480. The van der Waals surface area contributed by atoms with Gasteiger partial charge in [-0.05, 0) is 24.3 Å². The van der Waals surface area contributed by atoms with Crippen molar-refractivity contribution in [3.8, 4) is 0 Å². The molecule has 1 unspecified atom stereocenters. The molecule has 1 atom stereocenters. The fourth-order valence-corrected chi connectivity index (χ4v) is 0.933. The Balaban J connectivity index is 3.82. The molecule has 9 heavy (non-hydrogen) atoms. The summed E-state index contributed by atoms with van der Waals surface area (Å²) in [5.74, 6) is 1.40. The second kappa shape index (κ2) is 4.40. The van der Waals surface area contributed by atoms with Crippen LogP contribution in [-0.4, -0.2) is 0 Å². The molecule has 0 heteroatoms. The highest BCUT2D eigenvalue weighted by molar-refractivity contribution is 4.85. The lowest BCUT2D eigenvalue weighted by Gasteiger charge is -2.11. The van der Waals surface area contributed by atoms with Crippen LogP contribution in [0.1, 0.15) is 27.2 Å². The van der Waals surface area contributed by atoms with Crippen molar-refractivity contribution in [3.05, 3.63) is 18.4 Å². The van der Waals surface area contributed by atoms with E-state index in [2.05, 4.69) is 39.2 Å². The molecule has 0 aromatic carbocycles. The number of allylic oxidation sites excluding steroid dienone is 1. The van der Waals surface area contributed by atoms with Crippen LogP contribution in [0, 0.1) is 11.8 Å². The molecule has 0 nitrogen and oxygen atoms in total. The first kappa shape index (κ1) is 8.52. The zero-order valence-corrected chi connectivity index (χ0v) is 6.65. The Bertz CT molecular complexity index is 105. The van der Waals surface area contributed by atoms with E-state index in [1.54, 1.807) is 0 Å². The van der Waals surface area contributed by atoms with Gasteiger partial charge in [-0.25, -0.2) is 0 Å². The van der Waals surface area contributed by atoms with Gasteiger partial charge in [0, 0.05) is 0 Å². The molecule has 0 N–H and O–H groups in total. The van der Waals surface area contributed by atoms with Crippen LogP contribution in [0.15, 0.2) is 18.4 Å². The number of rotatable bonds is 3. The van der Waals surface area contributed by atoms with Crippen LogP contribution >= 0.6 is 0 Å². The van der Waals surface area contributed by atoms with Crippen molar-refractivity contribution in [1.82, 2.24) is 0 Å². The van der Waals surface area contributed by atoms with Gasteiger partial charge in [0.2, 0.25) is 0 Å². The standard InChI is InChI=1S/C9H16/c1-5-7-9(6-2)8(3)4/h7-9H,1,6H2,2-4H3. The molecule has 0 aromatic rings. The van der Waals surface area contributed by atoms with Crippen molar-refractivity contribution in [2.24, 2.45) is 11.8 Å². The minimum Gasteiger partial charge on any atom is -0.133 e. The Morgan fingerprint density at radius 2 is 2.11 bits per heavy atom. The van der Waals surface area contributed by atoms with Gasteiger partial charge in [0.05, 0.1) is 0 Å². The summed E-state index contributed by atoms with van der Waals surface area (Å²) < 4.78 is 0. The topological polar surface area (TPSA) is 0 Å².